The van der Waals surface area contributed by atoms with Gasteiger partial charge in [-0.2, -0.15) is 10.5 Å². The van der Waals surface area contributed by atoms with Gasteiger partial charge in [0.1, 0.15) is 0 Å². The first-order valence-electron chi connectivity index (χ1n) is 16.3. The Morgan fingerprint density at radius 1 is 0.540 bits per heavy atom. The molecule has 0 bridgehead atoms. The van der Waals surface area contributed by atoms with Gasteiger partial charge in [0.25, 0.3) is 0 Å². The Balaban J connectivity index is 1.37. The minimum Gasteiger partial charge on any atom is -0.309 e. The van der Waals surface area contributed by atoms with Gasteiger partial charge in [-0.25, -0.2) is 4.85 Å². The van der Waals surface area contributed by atoms with Crippen molar-refractivity contribution < 1.29 is 0 Å². The molecular formula is C45H28N4Si. The molecule has 5 heteroatoms. The third kappa shape index (κ3) is 4.80. The van der Waals surface area contributed by atoms with E-state index in [-0.39, 0.29) is 0 Å². The number of hydrogen-bond acceptors (Lipinski definition) is 2. The predicted octanol–water partition coefficient (Wildman–Crippen LogP) is 8.12. The monoisotopic (exact) mass is 652 g/mol. The zero-order valence-electron chi connectivity index (χ0n) is 27.0. The van der Waals surface area contributed by atoms with Gasteiger partial charge >= 0.3 is 0 Å². The molecule has 8 aromatic rings. The summed E-state index contributed by atoms with van der Waals surface area (Å²) in [4.78, 5) is 3.66. The lowest BCUT2D eigenvalue weighted by Gasteiger charge is -2.36. The Hall–Kier alpha value is -6.97. The fourth-order valence-corrected chi connectivity index (χ4v) is 12.6. The number of fused-ring (bicyclic) bond motifs is 3. The summed E-state index contributed by atoms with van der Waals surface area (Å²) in [7, 11) is -3.03. The SMILES string of the molecule is [C-]#[N+]c1ccc2c(c1)c1cc(C#N)ccc1n2-c1ccc(-c2ccccc2[Si](c2ccccc2)(c2ccccc2)c2ccccc2C#N)cc1. The van der Waals surface area contributed by atoms with Crippen LogP contribution >= 0.6 is 0 Å². The van der Waals surface area contributed by atoms with Crippen LogP contribution in [0.1, 0.15) is 11.1 Å². The van der Waals surface area contributed by atoms with Crippen LogP contribution in [0.3, 0.4) is 0 Å². The van der Waals surface area contributed by atoms with Crippen molar-refractivity contribution in [3.05, 3.63) is 192 Å². The molecule has 0 unspecified atom stereocenters. The third-order valence-electron chi connectivity index (χ3n) is 9.64. The highest BCUT2D eigenvalue weighted by molar-refractivity contribution is 7.20. The quantitative estimate of drug-likeness (QED) is 0.104. The summed E-state index contributed by atoms with van der Waals surface area (Å²) in [6.07, 6.45) is 0. The summed E-state index contributed by atoms with van der Waals surface area (Å²) >= 11 is 0. The second-order valence-electron chi connectivity index (χ2n) is 12.2. The van der Waals surface area contributed by atoms with E-state index in [0.29, 0.717) is 16.8 Å². The fraction of sp³-hybridized carbons (Fsp3) is 0. The van der Waals surface area contributed by atoms with E-state index in [4.69, 9.17) is 6.57 Å². The summed E-state index contributed by atoms with van der Waals surface area (Å²) in [6, 6.07) is 63.0. The first kappa shape index (κ1) is 30.4. The molecule has 0 atom stereocenters. The van der Waals surface area contributed by atoms with Crippen molar-refractivity contribution in [2.75, 3.05) is 0 Å². The third-order valence-corrected chi connectivity index (χ3v) is 14.5. The first-order valence-corrected chi connectivity index (χ1v) is 18.3. The van der Waals surface area contributed by atoms with Crippen molar-refractivity contribution >= 4 is 56.3 Å². The normalized spacial score (nSPS) is 11.1. The second-order valence-corrected chi connectivity index (χ2v) is 16.0. The molecule has 0 radical (unpaired) electrons. The molecule has 1 heterocycles. The van der Waals surface area contributed by atoms with Gasteiger partial charge in [-0.05, 0) is 85.8 Å². The summed E-state index contributed by atoms with van der Waals surface area (Å²) < 4.78 is 2.20. The molecule has 50 heavy (non-hydrogen) atoms. The number of nitrogens with zero attached hydrogens (tertiary/aromatic N) is 4. The van der Waals surface area contributed by atoms with E-state index >= 15 is 0 Å². The molecule has 4 nitrogen and oxygen atoms in total. The maximum atomic E-state index is 10.5. The molecule has 0 saturated heterocycles. The van der Waals surface area contributed by atoms with E-state index in [1.54, 1.807) is 0 Å². The zero-order valence-corrected chi connectivity index (χ0v) is 28.0. The second kappa shape index (κ2) is 12.6. The van der Waals surface area contributed by atoms with Gasteiger partial charge in [0.05, 0.1) is 40.9 Å². The van der Waals surface area contributed by atoms with Crippen LogP contribution in [0.5, 0.6) is 0 Å². The molecule has 1 aromatic heterocycles. The molecule has 8 rings (SSSR count). The summed E-state index contributed by atoms with van der Waals surface area (Å²) in [5.74, 6) is 0. The maximum absolute atomic E-state index is 10.5. The van der Waals surface area contributed by atoms with Crippen LogP contribution in [-0.2, 0) is 0 Å². The van der Waals surface area contributed by atoms with Gasteiger partial charge in [-0.3, -0.25) is 0 Å². The molecule has 0 spiro atoms. The van der Waals surface area contributed by atoms with E-state index in [1.807, 2.05) is 66.7 Å². The van der Waals surface area contributed by atoms with Gasteiger partial charge in [-0.15, -0.1) is 0 Å². The average molecular weight is 653 g/mol. The van der Waals surface area contributed by atoms with Crippen LogP contribution in [0.2, 0.25) is 0 Å². The zero-order chi connectivity index (χ0) is 34.1. The molecule has 0 aliphatic heterocycles. The molecule has 232 valence electrons. The Labute approximate surface area is 291 Å². The molecular weight excluding hydrogens is 625 g/mol. The maximum Gasteiger partial charge on any atom is 0.188 e. The summed E-state index contributed by atoms with van der Waals surface area (Å²) in [6.45, 7) is 7.58. The highest BCUT2D eigenvalue weighted by atomic mass is 28.3. The number of benzene rings is 7. The molecule has 0 saturated carbocycles. The van der Waals surface area contributed by atoms with Crippen molar-refractivity contribution in [1.82, 2.24) is 4.57 Å². The first-order chi connectivity index (χ1) is 24.7. The fourth-order valence-electron chi connectivity index (χ4n) is 7.50. The Morgan fingerprint density at radius 2 is 1.12 bits per heavy atom. The summed E-state index contributed by atoms with van der Waals surface area (Å²) in [5, 5.41) is 26.7. The van der Waals surface area contributed by atoms with Gasteiger partial charge in [0.15, 0.2) is 13.8 Å². The molecule has 0 aliphatic carbocycles. The van der Waals surface area contributed by atoms with Crippen LogP contribution in [0.4, 0.5) is 5.69 Å². The van der Waals surface area contributed by atoms with Crippen molar-refractivity contribution in [1.29, 1.82) is 10.5 Å². The molecule has 0 amide bonds. The van der Waals surface area contributed by atoms with Crippen LogP contribution in [0.15, 0.2) is 170 Å². The van der Waals surface area contributed by atoms with E-state index in [1.165, 1.54) is 15.6 Å². The standard InChI is InChI=1S/C45H28N4Si/c1-48-35-23-27-43-41(29-35)40-28-32(30-46)20-26-42(40)49(43)36-24-21-33(22-25-36)39-17-9-11-19-45(39)50(37-13-4-2-5-14-37,38-15-6-3-7-16-38)44-18-10-8-12-34(44)31-47/h2-29H. The van der Waals surface area contributed by atoms with Gasteiger partial charge < -0.3 is 4.57 Å². The number of rotatable bonds is 6. The van der Waals surface area contributed by atoms with Crippen molar-refractivity contribution in [3.8, 4) is 29.0 Å². The van der Waals surface area contributed by atoms with Crippen molar-refractivity contribution in [3.63, 3.8) is 0 Å². The smallest absolute Gasteiger partial charge is 0.188 e. The Bertz CT molecular complexity index is 2560. The van der Waals surface area contributed by atoms with Gasteiger partial charge in [0.2, 0.25) is 0 Å². The van der Waals surface area contributed by atoms with Crippen molar-refractivity contribution in [2.45, 2.75) is 0 Å². The van der Waals surface area contributed by atoms with Crippen LogP contribution in [-0.4, -0.2) is 12.6 Å². The molecule has 0 fully saturated rings. The van der Waals surface area contributed by atoms with Crippen molar-refractivity contribution in [2.24, 2.45) is 0 Å². The molecule has 0 N–H and O–H groups in total. The predicted molar refractivity (Wildman–Crippen MR) is 206 cm³/mol. The lowest BCUT2D eigenvalue weighted by Crippen LogP contribution is -2.75. The number of hydrogen-bond donors (Lipinski definition) is 0. The molecule has 7 aromatic carbocycles. The largest absolute Gasteiger partial charge is 0.309 e. The Morgan fingerprint density at radius 3 is 1.76 bits per heavy atom. The number of aromatic nitrogens is 1. The number of nitriles is 2. The van der Waals surface area contributed by atoms with E-state index in [0.717, 1.165) is 43.8 Å². The van der Waals surface area contributed by atoms with Gasteiger partial charge in [0, 0.05) is 11.1 Å². The lowest BCUT2D eigenvalue weighted by molar-refractivity contribution is 1.18. The highest BCUT2D eigenvalue weighted by Gasteiger charge is 2.44. The van der Waals surface area contributed by atoms with Crippen LogP contribution < -0.4 is 20.7 Å². The average Bonchev–Trinajstić information content (AvgIpc) is 3.52. The van der Waals surface area contributed by atoms with Crippen LogP contribution in [0, 0.1) is 29.2 Å². The van der Waals surface area contributed by atoms with E-state index in [9.17, 15) is 10.5 Å². The minimum atomic E-state index is -3.03. The van der Waals surface area contributed by atoms with E-state index in [2.05, 4.69) is 125 Å². The van der Waals surface area contributed by atoms with Gasteiger partial charge in [-0.1, -0.05) is 121 Å². The highest BCUT2D eigenvalue weighted by Crippen LogP contribution is 2.35. The van der Waals surface area contributed by atoms with E-state index < -0.39 is 8.07 Å². The lowest BCUT2D eigenvalue weighted by atomic mass is 10.1. The Kier molecular flexibility index (Phi) is 7.63. The van der Waals surface area contributed by atoms with Crippen LogP contribution in [0.25, 0.3) is 43.5 Å². The summed E-state index contributed by atoms with van der Waals surface area (Å²) in [5.41, 5.74) is 6.96. The minimum absolute atomic E-state index is 0.563. The molecule has 0 aliphatic rings. The topological polar surface area (TPSA) is 56.9 Å².